The second-order valence-electron chi connectivity index (χ2n) is 4.93. The largest absolute Gasteiger partial charge is 0.481 e. The Kier molecular flexibility index (Phi) is 4.44. The van der Waals surface area contributed by atoms with Crippen molar-refractivity contribution < 1.29 is 14.7 Å². The minimum Gasteiger partial charge on any atom is -0.481 e. The number of rotatable bonds is 4. The Morgan fingerprint density at radius 3 is 2.96 bits per heavy atom. The number of benzene rings is 1. The number of amidine groups is 1. The average Bonchev–Trinajstić information content (AvgIpc) is 3.08. The summed E-state index contributed by atoms with van der Waals surface area (Å²) in [5.41, 5.74) is 1.75. The summed E-state index contributed by atoms with van der Waals surface area (Å²) in [5, 5.41) is 22.4. The number of carbonyl (C=O) groups excluding carboxylic acids is 1. The number of carbonyl (C=O) groups is 2. The van der Waals surface area contributed by atoms with E-state index in [2.05, 4.69) is 15.5 Å². The van der Waals surface area contributed by atoms with Gasteiger partial charge < -0.3 is 10.4 Å². The number of hydrogen-bond acceptors (Lipinski definition) is 6. The number of thiophene rings is 1. The molecule has 2 N–H and O–H groups in total. The molecule has 0 saturated carbocycles. The van der Waals surface area contributed by atoms with Gasteiger partial charge in [-0.25, -0.2) is 0 Å². The quantitative estimate of drug-likeness (QED) is 0.657. The standard InChI is InChI=1S/C15H13N3O3S2/c1-8(10-7-22-11-5-3-2-4-9(10)11)17-18-15-16-14(21)12(23-15)6-13(19)20/h2-5,7,12H,6H2,1H3,(H,19,20)(H,16,18,21). The first-order chi connectivity index (χ1) is 11.0. The SMILES string of the molecule is CC(=NN=C1NC(=O)C(CC(=O)O)S1)c1csc2ccccc12. The van der Waals surface area contributed by atoms with E-state index in [4.69, 9.17) is 5.11 Å². The normalized spacial score (nSPS) is 20.2. The van der Waals surface area contributed by atoms with E-state index in [0.717, 1.165) is 28.4 Å². The summed E-state index contributed by atoms with van der Waals surface area (Å²) in [5.74, 6) is -1.35. The van der Waals surface area contributed by atoms with E-state index >= 15 is 0 Å². The molecule has 118 valence electrons. The molecule has 1 saturated heterocycles. The van der Waals surface area contributed by atoms with Crippen LogP contribution in [0, 0.1) is 0 Å². The highest BCUT2D eigenvalue weighted by Gasteiger charge is 2.32. The highest BCUT2D eigenvalue weighted by molar-refractivity contribution is 8.15. The number of hydrogen-bond donors (Lipinski definition) is 2. The van der Waals surface area contributed by atoms with E-state index in [1.54, 1.807) is 11.3 Å². The number of nitrogens with zero attached hydrogens (tertiary/aromatic N) is 2. The number of amides is 1. The average molecular weight is 347 g/mol. The van der Waals surface area contributed by atoms with Gasteiger partial charge in [-0.05, 0) is 13.0 Å². The van der Waals surface area contributed by atoms with Gasteiger partial charge in [-0.3, -0.25) is 9.59 Å². The van der Waals surface area contributed by atoms with Crippen LogP contribution in [0.4, 0.5) is 0 Å². The molecule has 1 fully saturated rings. The zero-order chi connectivity index (χ0) is 16.4. The van der Waals surface area contributed by atoms with Crippen LogP contribution in [0.1, 0.15) is 18.9 Å². The van der Waals surface area contributed by atoms with Gasteiger partial charge in [0.2, 0.25) is 5.91 Å². The topological polar surface area (TPSA) is 91.1 Å². The molecule has 0 spiro atoms. The molecule has 1 aromatic heterocycles. The molecular formula is C15H13N3O3S2. The lowest BCUT2D eigenvalue weighted by Crippen LogP contribution is -2.26. The van der Waals surface area contributed by atoms with Gasteiger partial charge in [0.05, 0.1) is 12.1 Å². The number of nitrogens with one attached hydrogen (secondary N) is 1. The molecule has 3 rings (SSSR count). The Morgan fingerprint density at radius 2 is 2.17 bits per heavy atom. The van der Waals surface area contributed by atoms with Crippen LogP contribution in [-0.2, 0) is 9.59 Å². The predicted octanol–water partition coefficient (Wildman–Crippen LogP) is 2.69. The third kappa shape index (κ3) is 3.43. The Morgan fingerprint density at radius 1 is 1.39 bits per heavy atom. The maximum atomic E-state index is 11.6. The second-order valence-corrected chi connectivity index (χ2v) is 7.03. The van der Waals surface area contributed by atoms with Crippen LogP contribution in [0.2, 0.25) is 0 Å². The van der Waals surface area contributed by atoms with E-state index in [9.17, 15) is 9.59 Å². The molecule has 8 heteroatoms. The summed E-state index contributed by atoms with van der Waals surface area (Å²) in [6, 6.07) is 8.04. The summed E-state index contributed by atoms with van der Waals surface area (Å²) in [6.45, 7) is 1.86. The zero-order valence-electron chi connectivity index (χ0n) is 12.1. The lowest BCUT2D eigenvalue weighted by atomic mass is 10.1. The zero-order valence-corrected chi connectivity index (χ0v) is 13.8. The molecule has 23 heavy (non-hydrogen) atoms. The van der Waals surface area contributed by atoms with Gasteiger partial charge in [0.25, 0.3) is 0 Å². The van der Waals surface area contributed by atoms with Gasteiger partial charge in [-0.2, -0.15) is 5.10 Å². The van der Waals surface area contributed by atoms with Crippen molar-refractivity contribution in [2.45, 2.75) is 18.6 Å². The highest BCUT2D eigenvalue weighted by Crippen LogP contribution is 2.26. The van der Waals surface area contributed by atoms with Gasteiger partial charge in [-0.1, -0.05) is 30.0 Å². The molecule has 1 aliphatic heterocycles. The number of aliphatic carboxylic acids is 1. The molecule has 2 aromatic rings. The third-order valence-corrected chi connectivity index (χ3v) is 5.33. The van der Waals surface area contributed by atoms with Crippen LogP contribution < -0.4 is 5.32 Å². The first-order valence-electron chi connectivity index (χ1n) is 6.83. The van der Waals surface area contributed by atoms with Crippen molar-refractivity contribution in [3.63, 3.8) is 0 Å². The highest BCUT2D eigenvalue weighted by atomic mass is 32.2. The van der Waals surface area contributed by atoms with Crippen LogP contribution in [-0.4, -0.2) is 33.1 Å². The van der Waals surface area contributed by atoms with Gasteiger partial charge in [0.15, 0.2) is 5.17 Å². The summed E-state index contributed by atoms with van der Waals surface area (Å²) < 4.78 is 1.18. The Bertz CT molecular complexity index is 841. The molecule has 1 amide bonds. The van der Waals surface area contributed by atoms with Gasteiger partial charge in [0, 0.05) is 21.0 Å². The minimum atomic E-state index is -1.01. The molecule has 6 nitrogen and oxygen atoms in total. The molecule has 0 radical (unpaired) electrons. The van der Waals surface area contributed by atoms with Crippen LogP contribution in [0.3, 0.4) is 0 Å². The number of thioether (sulfide) groups is 1. The van der Waals surface area contributed by atoms with Crippen molar-refractivity contribution in [2.75, 3.05) is 0 Å². The smallest absolute Gasteiger partial charge is 0.305 e. The fraction of sp³-hybridized carbons (Fsp3) is 0.200. The number of carboxylic acid groups (broad SMARTS) is 1. The molecule has 1 aliphatic rings. The predicted molar refractivity (Wildman–Crippen MR) is 93.2 cm³/mol. The Labute approximate surface area is 140 Å². The fourth-order valence-electron chi connectivity index (χ4n) is 2.18. The molecule has 1 atom stereocenters. The van der Waals surface area contributed by atoms with E-state index in [-0.39, 0.29) is 12.3 Å². The Hall–Kier alpha value is -2.19. The molecule has 0 bridgehead atoms. The third-order valence-electron chi connectivity index (χ3n) is 3.30. The second kappa shape index (κ2) is 6.51. The fourth-order valence-corrected chi connectivity index (χ4v) is 4.09. The van der Waals surface area contributed by atoms with Gasteiger partial charge in [0.1, 0.15) is 5.25 Å². The van der Waals surface area contributed by atoms with Gasteiger partial charge in [-0.15, -0.1) is 16.4 Å². The van der Waals surface area contributed by atoms with Crippen LogP contribution in [0.5, 0.6) is 0 Å². The number of carboxylic acids is 1. The van der Waals surface area contributed by atoms with E-state index in [1.807, 2.05) is 36.6 Å². The van der Waals surface area contributed by atoms with E-state index in [1.165, 1.54) is 4.70 Å². The van der Waals surface area contributed by atoms with Crippen LogP contribution in [0.25, 0.3) is 10.1 Å². The summed E-state index contributed by atoms with van der Waals surface area (Å²) in [4.78, 5) is 22.3. The summed E-state index contributed by atoms with van der Waals surface area (Å²) in [7, 11) is 0. The van der Waals surface area contributed by atoms with Crippen molar-refractivity contribution in [3.05, 3.63) is 35.2 Å². The first-order valence-corrected chi connectivity index (χ1v) is 8.58. The molecule has 1 unspecified atom stereocenters. The van der Waals surface area contributed by atoms with E-state index in [0.29, 0.717) is 5.17 Å². The minimum absolute atomic E-state index is 0.229. The van der Waals surface area contributed by atoms with Crippen molar-refractivity contribution in [1.82, 2.24) is 5.32 Å². The summed E-state index contributed by atoms with van der Waals surface area (Å²) >= 11 is 2.73. The number of fused-ring (bicyclic) bond motifs is 1. The maximum absolute atomic E-state index is 11.6. The molecular weight excluding hydrogens is 334 g/mol. The van der Waals surface area contributed by atoms with Crippen molar-refractivity contribution in [3.8, 4) is 0 Å². The first kappa shape index (κ1) is 15.7. The maximum Gasteiger partial charge on any atom is 0.305 e. The monoisotopic (exact) mass is 347 g/mol. The van der Waals surface area contributed by atoms with Gasteiger partial charge >= 0.3 is 5.97 Å². The van der Waals surface area contributed by atoms with Crippen molar-refractivity contribution in [1.29, 1.82) is 0 Å². The van der Waals surface area contributed by atoms with Crippen molar-refractivity contribution in [2.24, 2.45) is 10.2 Å². The Balaban J connectivity index is 1.79. The van der Waals surface area contributed by atoms with Crippen LogP contribution >= 0.6 is 23.1 Å². The summed E-state index contributed by atoms with van der Waals surface area (Å²) in [6.07, 6.45) is -0.229. The molecule has 1 aromatic carbocycles. The molecule has 0 aliphatic carbocycles. The lowest BCUT2D eigenvalue weighted by molar-refractivity contribution is -0.138. The van der Waals surface area contributed by atoms with E-state index < -0.39 is 11.2 Å². The van der Waals surface area contributed by atoms with Crippen LogP contribution in [0.15, 0.2) is 39.8 Å². The molecule has 2 heterocycles. The lowest BCUT2D eigenvalue weighted by Gasteiger charge is -1.98. The van der Waals surface area contributed by atoms with Crippen molar-refractivity contribution >= 4 is 55.9 Å².